The summed E-state index contributed by atoms with van der Waals surface area (Å²) in [4.78, 5) is 64.9. The van der Waals surface area contributed by atoms with Crippen molar-refractivity contribution in [1.29, 1.82) is 0 Å². The van der Waals surface area contributed by atoms with Crippen LogP contribution < -0.4 is 26.6 Å². The third kappa shape index (κ3) is 27.6. The van der Waals surface area contributed by atoms with Gasteiger partial charge in [-0.15, -0.1) is 0 Å². The lowest BCUT2D eigenvalue weighted by molar-refractivity contribution is -0.377. The van der Waals surface area contributed by atoms with Gasteiger partial charge in [0.2, 0.25) is 29.5 Å². The van der Waals surface area contributed by atoms with Crippen LogP contribution in [0.3, 0.4) is 0 Å². The summed E-state index contributed by atoms with van der Waals surface area (Å²) in [6.45, 7) is -8.73. The van der Waals surface area contributed by atoms with Gasteiger partial charge in [0.1, 0.15) is 238 Å². The van der Waals surface area contributed by atoms with E-state index in [0.717, 1.165) is 34.6 Å². The van der Waals surface area contributed by atoms with Gasteiger partial charge in [0.05, 0.1) is 78.7 Å². The SMILES string of the molecule is CC(=O)N[C@H]1[C@H](OC[C@@H](O)[C@H](O)[C@H](O[C@@H]2O[C@H](CO[C@@H]3O[C@H](CO[C@@H]4O[C@H](CO)[C@H](O)[C@H](O)[C@H]4O)[C@@H](O)[C@H](O)[C@H]3NC(C)=O)[C@H](O)[C@H](O[C@@H]3O[C@H](CO)[C@@H](O[C@@H]4O[C@H](CO)[C@H](O)[C@H](OS(=O)(=O)O)[C@H]4O)[C@H](O)[C@H]3NC(C)=O)[C@H]2O)[C@H](CO)NC(C)=O)O[C@H](CO)[C@@H](O[C@@H]2O[C@H](CO)[C@H](O)[C@H](O[C@@H]3O[C@H](COS(=O)(=O)O)[C@@H](O)[C@H](O[C@@H]4O[C@H](CO)[C@H](O)[C@H](O)[C@H]4O)[C@H]3NC(C)=O)[C@H]2O)[C@@H]1O. The third-order valence-electron chi connectivity index (χ3n) is 22.9. The van der Waals surface area contributed by atoms with Crippen LogP contribution in [0.15, 0.2) is 0 Å². The standard InChI is InChI=1S/C70H119N5O57S2/c1-17(83)71-22(6-76)55(37(89)23(88)13-113-63-34(73-19(3)85)46(98)56(28(11-81)121-63)127-68-52(104)59(41(93)26(9-79)119-68)131-65-36(75-21(5)87)58(43(95)32(124-65)16-116-133(107,108)109)129-67-51(103)49(101)39(91)25(8-78)118-67)126-69-53(105)60(130-64-35(74-20(4)86)47(99)57(29(12-82)122-64)128-70-54(106)61(132-134(110,111)112)42(94)27(10-80)120-70)44(96)31(125-69)15-114-62-33(72-18(2)84)45(97)40(92)30(123-62)14-115-66-50(102)48(100)38(90)24(7-77)117-66/h22-70,76-82,88-106H,6-16H2,1-5H3,(H,71,83)(H,72,84)(H,73,85)(H,74,86)(H,75,87)(H,107,108,109)(H,110,111,112)/t22-,23+,24+,25+,26+,27+,28+,29+,30+,31+,32+,33+,34+,35+,36+,37-,38-,39-,40+,41-,42-,43+,44-,45+,46+,47+,48-,49-,50+,51+,52+,53+,54+,55+,56+,57+,58+,59-,60-,61-,62+,63+,64-,65-,66+,67-,68-,69-,70-/m0/s1. The zero-order chi connectivity index (χ0) is 99.6. The molecule has 9 aliphatic rings. The van der Waals surface area contributed by atoms with E-state index in [0.29, 0.717) is 0 Å². The molecule has 0 bridgehead atoms. The molecule has 9 aliphatic heterocycles. The number of nitrogens with one attached hydrogen (secondary N) is 5. The monoisotopic (exact) mass is 2010 g/mol. The van der Waals surface area contributed by atoms with Gasteiger partial charge in [0.15, 0.2) is 56.6 Å². The number of hydrogen-bond donors (Lipinski definition) is 33. The molecule has 64 heteroatoms. The molecule has 49 atom stereocenters. The van der Waals surface area contributed by atoms with Gasteiger partial charge in [0.25, 0.3) is 0 Å². The van der Waals surface area contributed by atoms with Gasteiger partial charge in [-0.1, -0.05) is 0 Å². The van der Waals surface area contributed by atoms with Crippen molar-refractivity contribution in [2.24, 2.45) is 0 Å². The molecule has 0 unspecified atom stereocenters. The lowest BCUT2D eigenvalue weighted by atomic mass is 9.94. The predicted octanol–water partition coefficient (Wildman–Crippen LogP) is -22.8. The van der Waals surface area contributed by atoms with E-state index < -0.39 is 423 Å². The van der Waals surface area contributed by atoms with Crippen LogP contribution >= 0.6 is 0 Å². The Morgan fingerprint density at radius 1 is 0.306 bits per heavy atom. The fraction of sp³-hybridized carbons (Fsp3) is 0.929. The quantitative estimate of drug-likeness (QED) is 0.0253. The zero-order valence-corrected chi connectivity index (χ0v) is 72.9. The second-order valence-electron chi connectivity index (χ2n) is 32.6. The molecule has 778 valence electrons. The Kier molecular flexibility index (Phi) is 41.6. The van der Waals surface area contributed by atoms with Crippen LogP contribution in [0.1, 0.15) is 34.6 Å². The fourth-order valence-corrected chi connectivity index (χ4v) is 17.0. The minimum atomic E-state index is -5.54. The van der Waals surface area contributed by atoms with Crippen molar-refractivity contribution in [2.45, 2.75) is 335 Å². The van der Waals surface area contributed by atoms with E-state index in [1.807, 2.05) is 0 Å². The smallest absolute Gasteiger partial charge is 0.394 e. The largest absolute Gasteiger partial charge is 0.397 e. The molecule has 0 aromatic heterocycles. The second-order valence-corrected chi connectivity index (χ2v) is 34.7. The van der Waals surface area contributed by atoms with Gasteiger partial charge in [-0.2, -0.15) is 16.8 Å². The van der Waals surface area contributed by atoms with Gasteiger partial charge in [0, 0.05) is 34.6 Å². The molecular weight excluding hydrogens is 1890 g/mol. The average molecular weight is 2010 g/mol. The van der Waals surface area contributed by atoms with Gasteiger partial charge < -0.3 is 245 Å². The first-order valence-corrected chi connectivity index (χ1v) is 44.1. The number of ether oxygens (including phenoxy) is 18. The van der Waals surface area contributed by atoms with Gasteiger partial charge in [-0.3, -0.25) is 33.1 Å². The maximum absolute atomic E-state index is 13.1. The first-order valence-electron chi connectivity index (χ1n) is 41.4. The van der Waals surface area contributed by atoms with E-state index in [9.17, 15) is 183 Å². The normalized spacial score (nSPS) is 44.0. The van der Waals surface area contributed by atoms with E-state index in [1.54, 1.807) is 0 Å². The molecule has 9 saturated heterocycles. The molecule has 0 spiro atoms. The van der Waals surface area contributed by atoms with E-state index in [4.69, 9.17) is 85.3 Å². The molecule has 5 amide bonds. The Morgan fingerprint density at radius 3 is 1.09 bits per heavy atom. The van der Waals surface area contributed by atoms with Crippen molar-refractivity contribution in [3.05, 3.63) is 0 Å². The van der Waals surface area contributed by atoms with Crippen molar-refractivity contribution in [3.8, 4) is 0 Å². The number of amides is 5. The minimum Gasteiger partial charge on any atom is -0.394 e. The lowest BCUT2D eigenvalue weighted by Gasteiger charge is -2.50. The highest BCUT2D eigenvalue weighted by Crippen LogP contribution is 2.40. The topological polar surface area (TPSA) is 965 Å². The van der Waals surface area contributed by atoms with E-state index in [2.05, 4.69) is 35.0 Å². The van der Waals surface area contributed by atoms with E-state index in [1.165, 1.54) is 0 Å². The molecule has 0 aromatic carbocycles. The fourth-order valence-electron chi connectivity index (χ4n) is 16.1. The molecule has 0 radical (unpaired) electrons. The maximum atomic E-state index is 13.1. The molecular formula is C70H119N5O57S2. The Bertz CT molecular complexity index is 3950. The number of carbonyl (C=O) groups excluding carboxylic acids is 5. The van der Waals surface area contributed by atoms with Crippen LogP contribution in [0.25, 0.3) is 0 Å². The predicted molar refractivity (Wildman–Crippen MR) is 411 cm³/mol. The van der Waals surface area contributed by atoms with Gasteiger partial charge >= 0.3 is 20.8 Å². The lowest BCUT2D eigenvalue weighted by Crippen LogP contribution is -2.70. The average Bonchev–Trinajstić information content (AvgIpc) is 0.766. The summed E-state index contributed by atoms with van der Waals surface area (Å²) in [5.74, 6) is -5.11. The highest BCUT2D eigenvalue weighted by molar-refractivity contribution is 7.81. The third-order valence-corrected chi connectivity index (χ3v) is 23.8. The zero-order valence-electron chi connectivity index (χ0n) is 71.2. The summed E-state index contributed by atoms with van der Waals surface area (Å²) in [6, 6.07) is -10.1. The molecule has 0 saturated carbocycles. The van der Waals surface area contributed by atoms with Crippen LogP contribution in [0.4, 0.5) is 0 Å². The maximum Gasteiger partial charge on any atom is 0.397 e. The molecule has 62 nitrogen and oxygen atoms in total. The number of rotatable bonds is 41. The van der Waals surface area contributed by atoms with Crippen molar-refractivity contribution >= 4 is 50.3 Å². The molecule has 0 aromatic rings. The molecule has 0 aliphatic carbocycles. The number of carbonyl (C=O) groups is 5. The van der Waals surface area contributed by atoms with Crippen molar-refractivity contribution in [3.63, 3.8) is 0 Å². The first kappa shape index (κ1) is 113. The molecule has 9 fully saturated rings. The van der Waals surface area contributed by atoms with Crippen molar-refractivity contribution in [2.75, 3.05) is 72.7 Å². The Morgan fingerprint density at radius 2 is 0.627 bits per heavy atom. The summed E-state index contributed by atoms with van der Waals surface area (Å²) in [6.07, 6.45) is -97.0. The summed E-state index contributed by atoms with van der Waals surface area (Å²) in [7, 11) is -11.0. The summed E-state index contributed by atoms with van der Waals surface area (Å²) < 4.78 is 180. The highest BCUT2D eigenvalue weighted by Gasteiger charge is 2.61. The minimum absolute atomic E-state index is 0.848. The first-order chi connectivity index (χ1) is 62.9. The van der Waals surface area contributed by atoms with Crippen LogP contribution in [-0.4, -0.2) is 561 Å². The Balaban J connectivity index is 0.996. The second kappa shape index (κ2) is 49.3. The van der Waals surface area contributed by atoms with Crippen LogP contribution in [-0.2, 0) is 138 Å². The van der Waals surface area contributed by atoms with E-state index in [-0.39, 0.29) is 0 Å². The number of aliphatic hydroxyl groups is 26. The Hall–Kier alpha value is -4.67. The van der Waals surface area contributed by atoms with Crippen molar-refractivity contribution in [1.82, 2.24) is 26.6 Å². The molecule has 134 heavy (non-hydrogen) atoms. The van der Waals surface area contributed by atoms with Crippen LogP contribution in [0.5, 0.6) is 0 Å². The van der Waals surface area contributed by atoms with Crippen molar-refractivity contribution < 1.29 is 276 Å². The van der Waals surface area contributed by atoms with Gasteiger partial charge in [-0.05, 0) is 0 Å². The van der Waals surface area contributed by atoms with Gasteiger partial charge in [-0.25, -0.2) is 8.37 Å². The van der Waals surface area contributed by atoms with Crippen LogP contribution in [0, 0.1) is 0 Å². The van der Waals surface area contributed by atoms with E-state index >= 15 is 0 Å². The van der Waals surface area contributed by atoms with Crippen LogP contribution in [0.2, 0.25) is 0 Å². The summed E-state index contributed by atoms with van der Waals surface area (Å²) in [5.41, 5.74) is 0. The molecule has 9 rings (SSSR count). The summed E-state index contributed by atoms with van der Waals surface area (Å²) >= 11 is 0. The summed E-state index contributed by atoms with van der Waals surface area (Å²) in [5, 5.41) is 302. The number of hydrogen-bond acceptors (Lipinski definition) is 55. The Labute approximate surface area is 758 Å². The highest BCUT2D eigenvalue weighted by atomic mass is 32.3. The number of aliphatic hydroxyl groups excluding tert-OH is 26. The molecule has 9 heterocycles. The molecule has 33 N–H and O–H groups in total.